The molecule has 0 saturated heterocycles. The van der Waals surface area contributed by atoms with Crippen molar-refractivity contribution in [1.82, 2.24) is 19.8 Å². The number of fused-ring (bicyclic) bond motifs is 1. The van der Waals surface area contributed by atoms with Crippen molar-refractivity contribution in [2.45, 2.75) is 26.1 Å². The van der Waals surface area contributed by atoms with Gasteiger partial charge in [0.15, 0.2) is 5.11 Å². The van der Waals surface area contributed by atoms with Gasteiger partial charge in [-0.2, -0.15) is 0 Å². The molecule has 1 aromatic heterocycles. The lowest BCUT2D eigenvalue weighted by Gasteiger charge is -2.31. The minimum atomic E-state index is 0.231. The van der Waals surface area contributed by atoms with E-state index in [0.717, 1.165) is 30.6 Å². The maximum atomic E-state index is 5.39. The highest BCUT2D eigenvalue weighted by atomic mass is 32.1. The van der Waals surface area contributed by atoms with Crippen molar-refractivity contribution < 1.29 is 4.74 Å². The molecule has 1 N–H and O–H groups in total. The summed E-state index contributed by atoms with van der Waals surface area (Å²) in [5.41, 5.74) is 0. The van der Waals surface area contributed by atoms with Gasteiger partial charge in [0, 0.05) is 38.6 Å². The molecule has 1 unspecified atom stereocenters. The van der Waals surface area contributed by atoms with Crippen molar-refractivity contribution in [3.63, 3.8) is 0 Å². The Kier molecular flexibility index (Phi) is 3.96. The topological polar surface area (TPSA) is 42.3 Å². The lowest BCUT2D eigenvalue weighted by molar-refractivity contribution is 0.177. The third-order valence-corrected chi connectivity index (χ3v) is 3.19. The molecule has 0 aromatic carbocycles. The molecule has 0 bridgehead atoms. The lowest BCUT2D eigenvalue weighted by Crippen LogP contribution is -2.47. The van der Waals surface area contributed by atoms with E-state index in [1.807, 2.05) is 12.4 Å². The molecular weight excluding hydrogens is 236 g/mol. The normalized spacial score (nSPS) is 16.5. The van der Waals surface area contributed by atoms with Crippen molar-refractivity contribution in [2.24, 2.45) is 0 Å². The number of nitrogens with zero attached hydrogens (tertiary/aromatic N) is 3. The number of rotatable bonds is 3. The van der Waals surface area contributed by atoms with Gasteiger partial charge in [-0.3, -0.25) is 0 Å². The van der Waals surface area contributed by atoms with Gasteiger partial charge in [0.05, 0.1) is 13.2 Å². The first-order valence-electron chi connectivity index (χ1n) is 5.75. The number of methoxy groups -OCH3 is 1. The Hall–Kier alpha value is -1.14. The van der Waals surface area contributed by atoms with Gasteiger partial charge in [0.1, 0.15) is 5.82 Å². The summed E-state index contributed by atoms with van der Waals surface area (Å²) in [6, 6.07) is 0.231. The lowest BCUT2D eigenvalue weighted by atomic mass is 10.3. The zero-order chi connectivity index (χ0) is 12.3. The van der Waals surface area contributed by atoms with Gasteiger partial charge < -0.3 is 19.5 Å². The van der Waals surface area contributed by atoms with E-state index in [2.05, 4.69) is 26.7 Å². The molecule has 5 nitrogen and oxygen atoms in total. The van der Waals surface area contributed by atoms with E-state index in [1.54, 1.807) is 7.11 Å². The highest BCUT2D eigenvalue weighted by Gasteiger charge is 2.19. The summed E-state index contributed by atoms with van der Waals surface area (Å²) in [6.07, 6.45) is 3.85. The van der Waals surface area contributed by atoms with Gasteiger partial charge in [-0.05, 0) is 19.1 Å². The molecule has 0 saturated carbocycles. The summed E-state index contributed by atoms with van der Waals surface area (Å²) in [4.78, 5) is 6.46. The molecule has 1 aliphatic rings. The van der Waals surface area contributed by atoms with Gasteiger partial charge >= 0.3 is 0 Å². The first-order chi connectivity index (χ1) is 8.20. The Balaban J connectivity index is 1.90. The second-order valence-electron chi connectivity index (χ2n) is 4.26. The number of nitrogens with one attached hydrogen (secondary N) is 1. The Bertz CT molecular complexity index is 393. The molecule has 0 aliphatic carbocycles. The summed E-state index contributed by atoms with van der Waals surface area (Å²) in [5.74, 6) is 1.07. The highest BCUT2D eigenvalue weighted by Crippen LogP contribution is 2.10. The van der Waals surface area contributed by atoms with Crippen LogP contribution in [0.25, 0.3) is 0 Å². The molecule has 0 fully saturated rings. The highest BCUT2D eigenvalue weighted by molar-refractivity contribution is 7.80. The molecule has 1 aromatic rings. The first kappa shape index (κ1) is 12.3. The minimum Gasteiger partial charge on any atom is -0.383 e. The second-order valence-corrected chi connectivity index (χ2v) is 4.65. The maximum absolute atomic E-state index is 5.39. The van der Waals surface area contributed by atoms with Crippen LogP contribution in [0, 0.1) is 0 Å². The van der Waals surface area contributed by atoms with Crippen LogP contribution in [0.5, 0.6) is 0 Å². The number of thiocarbonyl (C=S) groups is 1. The van der Waals surface area contributed by atoms with Crippen molar-refractivity contribution >= 4 is 17.3 Å². The molecule has 2 rings (SSSR count). The maximum Gasteiger partial charge on any atom is 0.169 e. The number of aromatic nitrogens is 2. The van der Waals surface area contributed by atoms with E-state index < -0.39 is 0 Å². The summed E-state index contributed by atoms with van der Waals surface area (Å²) >= 11 is 5.39. The van der Waals surface area contributed by atoms with Crippen LogP contribution in [0.3, 0.4) is 0 Å². The second kappa shape index (κ2) is 5.46. The fraction of sp³-hybridized carbons (Fsp3) is 0.636. The predicted molar refractivity (Wildman–Crippen MR) is 69.7 cm³/mol. The average molecular weight is 254 g/mol. The number of ether oxygens (including phenoxy) is 1. The zero-order valence-electron chi connectivity index (χ0n) is 10.2. The average Bonchev–Trinajstić information content (AvgIpc) is 2.75. The van der Waals surface area contributed by atoms with Gasteiger partial charge in [-0.1, -0.05) is 0 Å². The predicted octanol–water partition coefficient (Wildman–Crippen LogP) is 0.608. The summed E-state index contributed by atoms with van der Waals surface area (Å²) in [7, 11) is 1.69. The van der Waals surface area contributed by atoms with E-state index in [4.69, 9.17) is 17.0 Å². The van der Waals surface area contributed by atoms with E-state index >= 15 is 0 Å². The quantitative estimate of drug-likeness (QED) is 0.801. The van der Waals surface area contributed by atoms with Crippen LogP contribution in [0.2, 0.25) is 0 Å². The summed E-state index contributed by atoms with van der Waals surface area (Å²) in [5, 5.41) is 4.05. The Morgan fingerprint density at radius 2 is 2.47 bits per heavy atom. The van der Waals surface area contributed by atoms with Gasteiger partial charge in [0.25, 0.3) is 0 Å². The molecular formula is C11H18N4OS. The fourth-order valence-electron chi connectivity index (χ4n) is 1.94. The molecule has 94 valence electrons. The van der Waals surface area contributed by atoms with Crippen molar-refractivity contribution in [3.8, 4) is 0 Å². The number of hydrogen-bond donors (Lipinski definition) is 1. The zero-order valence-corrected chi connectivity index (χ0v) is 11.0. The Labute approximate surface area is 107 Å². The molecule has 0 amide bonds. The monoisotopic (exact) mass is 254 g/mol. The molecule has 1 atom stereocenters. The van der Waals surface area contributed by atoms with Gasteiger partial charge in [0.2, 0.25) is 0 Å². The summed E-state index contributed by atoms with van der Waals surface area (Å²) < 4.78 is 7.24. The molecule has 2 heterocycles. The van der Waals surface area contributed by atoms with E-state index in [0.29, 0.717) is 6.61 Å². The SMILES string of the molecule is COCC(C)NC(=S)N1CCn2ccnc2C1. The van der Waals surface area contributed by atoms with Crippen LogP contribution >= 0.6 is 12.2 Å². The smallest absolute Gasteiger partial charge is 0.169 e. The van der Waals surface area contributed by atoms with Gasteiger partial charge in [-0.15, -0.1) is 0 Å². The van der Waals surface area contributed by atoms with Crippen LogP contribution in [-0.2, 0) is 17.8 Å². The van der Waals surface area contributed by atoms with E-state index in [1.165, 1.54) is 0 Å². The Morgan fingerprint density at radius 3 is 3.24 bits per heavy atom. The van der Waals surface area contributed by atoms with Crippen molar-refractivity contribution in [3.05, 3.63) is 18.2 Å². The minimum absolute atomic E-state index is 0.231. The third kappa shape index (κ3) is 2.95. The van der Waals surface area contributed by atoms with E-state index in [-0.39, 0.29) is 6.04 Å². The molecule has 0 spiro atoms. The third-order valence-electron chi connectivity index (χ3n) is 2.82. The standard InChI is InChI=1S/C11H18N4OS/c1-9(8-16-2)13-11(17)15-6-5-14-4-3-12-10(14)7-15/h3-4,9H,5-8H2,1-2H3,(H,13,17). The van der Waals surface area contributed by atoms with Crippen LogP contribution in [-0.4, -0.2) is 45.9 Å². The molecule has 1 aliphatic heterocycles. The fourth-order valence-corrected chi connectivity index (χ4v) is 2.30. The molecule has 6 heteroatoms. The van der Waals surface area contributed by atoms with Crippen LogP contribution in [0.4, 0.5) is 0 Å². The molecule has 17 heavy (non-hydrogen) atoms. The van der Waals surface area contributed by atoms with Crippen molar-refractivity contribution in [1.29, 1.82) is 0 Å². The van der Waals surface area contributed by atoms with Crippen molar-refractivity contribution in [2.75, 3.05) is 20.3 Å². The number of hydrogen-bond acceptors (Lipinski definition) is 3. The number of imidazole rings is 1. The van der Waals surface area contributed by atoms with E-state index in [9.17, 15) is 0 Å². The first-order valence-corrected chi connectivity index (χ1v) is 6.16. The molecule has 0 radical (unpaired) electrons. The van der Waals surface area contributed by atoms with Crippen LogP contribution in [0.1, 0.15) is 12.7 Å². The van der Waals surface area contributed by atoms with Crippen LogP contribution in [0.15, 0.2) is 12.4 Å². The Morgan fingerprint density at radius 1 is 1.65 bits per heavy atom. The van der Waals surface area contributed by atoms with Crippen LogP contribution < -0.4 is 5.32 Å². The summed E-state index contributed by atoms with van der Waals surface area (Å²) in [6.45, 7) is 5.35. The largest absolute Gasteiger partial charge is 0.383 e. The van der Waals surface area contributed by atoms with Gasteiger partial charge in [-0.25, -0.2) is 4.98 Å².